The Morgan fingerprint density at radius 3 is 2.65 bits per heavy atom. The third-order valence-corrected chi connectivity index (χ3v) is 5.79. The highest BCUT2D eigenvalue weighted by Crippen LogP contribution is 2.44. The zero-order valence-electron chi connectivity index (χ0n) is 14.5. The van der Waals surface area contributed by atoms with Crippen LogP contribution in [-0.2, 0) is 0 Å². The van der Waals surface area contributed by atoms with Crippen molar-refractivity contribution in [2.75, 3.05) is 20.2 Å². The summed E-state index contributed by atoms with van der Waals surface area (Å²) in [6, 6.07) is 6.23. The van der Waals surface area contributed by atoms with E-state index in [1.54, 1.807) is 7.11 Å². The third-order valence-electron chi connectivity index (χ3n) is 5.79. The number of nitrogens with one attached hydrogen (secondary N) is 1. The van der Waals surface area contributed by atoms with Crippen LogP contribution in [0.3, 0.4) is 0 Å². The van der Waals surface area contributed by atoms with E-state index in [-0.39, 0.29) is 17.4 Å². The summed E-state index contributed by atoms with van der Waals surface area (Å²) < 4.78 is 11.7. The van der Waals surface area contributed by atoms with E-state index in [4.69, 9.17) is 9.47 Å². The summed E-state index contributed by atoms with van der Waals surface area (Å²) in [5.41, 5.74) is 1.06. The van der Waals surface area contributed by atoms with Crippen molar-refractivity contribution in [3.8, 4) is 11.5 Å². The van der Waals surface area contributed by atoms with Crippen LogP contribution >= 0.6 is 0 Å². The molecular formula is C19H29NO3. The maximum atomic E-state index is 10.2. The minimum atomic E-state index is -0.358. The predicted octanol–water partition coefficient (Wildman–Crippen LogP) is 3.09. The van der Waals surface area contributed by atoms with Crippen molar-refractivity contribution in [2.24, 2.45) is 5.41 Å². The van der Waals surface area contributed by atoms with Gasteiger partial charge in [-0.25, -0.2) is 0 Å². The van der Waals surface area contributed by atoms with Crippen molar-refractivity contribution in [3.05, 3.63) is 23.8 Å². The van der Waals surface area contributed by atoms with Gasteiger partial charge >= 0.3 is 0 Å². The fourth-order valence-corrected chi connectivity index (χ4v) is 3.97. The lowest BCUT2D eigenvalue weighted by molar-refractivity contribution is 0.0548. The number of methoxy groups -OCH3 is 1. The van der Waals surface area contributed by atoms with E-state index in [2.05, 4.69) is 24.4 Å². The van der Waals surface area contributed by atoms with Gasteiger partial charge in [-0.3, -0.25) is 0 Å². The second kappa shape index (κ2) is 6.70. The molecule has 1 saturated carbocycles. The summed E-state index contributed by atoms with van der Waals surface area (Å²) in [6.45, 7) is 5.76. The lowest BCUT2D eigenvalue weighted by Gasteiger charge is -2.34. The summed E-state index contributed by atoms with van der Waals surface area (Å²) >= 11 is 0. The first kappa shape index (κ1) is 16.6. The molecule has 0 unspecified atom stereocenters. The first-order chi connectivity index (χ1) is 11.0. The Balaban J connectivity index is 1.87. The molecule has 1 heterocycles. The van der Waals surface area contributed by atoms with Gasteiger partial charge in [-0.05, 0) is 50.3 Å². The van der Waals surface area contributed by atoms with Gasteiger partial charge in [0, 0.05) is 24.4 Å². The lowest BCUT2D eigenvalue weighted by Crippen LogP contribution is -2.36. The van der Waals surface area contributed by atoms with Crippen LogP contribution in [0.5, 0.6) is 11.5 Å². The van der Waals surface area contributed by atoms with Crippen LogP contribution in [0.4, 0.5) is 0 Å². The van der Waals surface area contributed by atoms with E-state index in [1.165, 1.54) is 18.4 Å². The Bertz CT molecular complexity index is 539. The first-order valence-electron chi connectivity index (χ1n) is 8.78. The average molecular weight is 319 g/mol. The maximum absolute atomic E-state index is 10.2. The SMILES string of the molecule is COc1ccc([C@@H]2CNC[C@@]2(C)[C@@H](C)O)cc1OC1CCCC1. The molecule has 1 aromatic carbocycles. The molecule has 0 spiro atoms. The van der Waals surface area contributed by atoms with Crippen LogP contribution in [0, 0.1) is 5.41 Å². The molecule has 1 saturated heterocycles. The molecule has 3 atom stereocenters. The predicted molar refractivity (Wildman–Crippen MR) is 91.3 cm³/mol. The molecule has 2 fully saturated rings. The highest BCUT2D eigenvalue weighted by molar-refractivity contribution is 5.45. The lowest BCUT2D eigenvalue weighted by atomic mass is 9.72. The number of aliphatic hydroxyl groups excluding tert-OH is 1. The van der Waals surface area contributed by atoms with E-state index in [0.717, 1.165) is 37.4 Å². The Kier molecular flexibility index (Phi) is 4.83. The van der Waals surface area contributed by atoms with Gasteiger partial charge in [-0.15, -0.1) is 0 Å². The largest absolute Gasteiger partial charge is 0.493 e. The number of benzene rings is 1. The van der Waals surface area contributed by atoms with Crippen LogP contribution < -0.4 is 14.8 Å². The minimum absolute atomic E-state index is 0.154. The normalized spacial score (nSPS) is 29.7. The molecule has 3 rings (SSSR count). The highest BCUT2D eigenvalue weighted by Gasteiger charge is 2.43. The summed E-state index contributed by atoms with van der Waals surface area (Å²) in [4.78, 5) is 0. The number of aliphatic hydroxyl groups is 1. The number of hydrogen-bond donors (Lipinski definition) is 2. The molecule has 0 bridgehead atoms. The van der Waals surface area contributed by atoms with Gasteiger partial charge in [0.15, 0.2) is 11.5 Å². The van der Waals surface area contributed by atoms with Gasteiger partial charge < -0.3 is 19.9 Å². The summed E-state index contributed by atoms with van der Waals surface area (Å²) in [6.07, 6.45) is 4.71. The van der Waals surface area contributed by atoms with E-state index >= 15 is 0 Å². The van der Waals surface area contributed by atoms with Crippen LogP contribution in [0.1, 0.15) is 51.0 Å². The number of rotatable bonds is 5. The van der Waals surface area contributed by atoms with Crippen LogP contribution in [0.25, 0.3) is 0 Å². The molecule has 1 aromatic rings. The second-order valence-electron chi connectivity index (χ2n) is 7.30. The Labute approximate surface area is 139 Å². The van der Waals surface area contributed by atoms with Crippen molar-refractivity contribution in [3.63, 3.8) is 0 Å². The van der Waals surface area contributed by atoms with Crippen molar-refractivity contribution in [1.82, 2.24) is 5.32 Å². The highest BCUT2D eigenvalue weighted by atomic mass is 16.5. The molecule has 2 aliphatic rings. The molecule has 1 aliphatic heterocycles. The third kappa shape index (κ3) is 3.20. The Hall–Kier alpha value is -1.26. The van der Waals surface area contributed by atoms with Crippen molar-refractivity contribution >= 4 is 0 Å². The Morgan fingerprint density at radius 1 is 1.26 bits per heavy atom. The average Bonchev–Trinajstić information content (AvgIpc) is 3.17. The minimum Gasteiger partial charge on any atom is -0.493 e. The number of ether oxygens (including phenoxy) is 2. The molecule has 23 heavy (non-hydrogen) atoms. The zero-order valence-corrected chi connectivity index (χ0v) is 14.5. The van der Waals surface area contributed by atoms with E-state index < -0.39 is 0 Å². The smallest absolute Gasteiger partial charge is 0.161 e. The van der Waals surface area contributed by atoms with E-state index in [9.17, 15) is 5.11 Å². The van der Waals surface area contributed by atoms with E-state index in [0.29, 0.717) is 6.10 Å². The Morgan fingerprint density at radius 2 is 2.00 bits per heavy atom. The molecule has 128 valence electrons. The fraction of sp³-hybridized carbons (Fsp3) is 0.684. The quantitative estimate of drug-likeness (QED) is 0.876. The summed E-state index contributed by atoms with van der Waals surface area (Å²) in [5.74, 6) is 1.92. The van der Waals surface area contributed by atoms with Gasteiger partial charge in [0.25, 0.3) is 0 Å². The van der Waals surface area contributed by atoms with Gasteiger partial charge in [0.05, 0.1) is 19.3 Å². The molecule has 4 heteroatoms. The molecule has 4 nitrogen and oxygen atoms in total. The van der Waals surface area contributed by atoms with Gasteiger partial charge in [-0.2, -0.15) is 0 Å². The summed E-state index contributed by atoms with van der Waals surface area (Å²) in [7, 11) is 1.69. The topological polar surface area (TPSA) is 50.7 Å². The molecular weight excluding hydrogens is 290 g/mol. The fourth-order valence-electron chi connectivity index (χ4n) is 3.97. The van der Waals surface area contributed by atoms with Crippen LogP contribution in [-0.4, -0.2) is 37.5 Å². The molecule has 2 N–H and O–H groups in total. The van der Waals surface area contributed by atoms with Crippen molar-refractivity contribution in [1.29, 1.82) is 0 Å². The standard InChI is InChI=1S/C19H29NO3/c1-13(21)19(2)12-20-11-16(19)14-8-9-17(22-3)18(10-14)23-15-6-4-5-7-15/h8-10,13,15-16,20-21H,4-7,11-12H2,1-3H3/t13-,16+,19+/m1/s1. The first-order valence-corrected chi connectivity index (χ1v) is 8.78. The van der Waals surface area contributed by atoms with Crippen molar-refractivity contribution < 1.29 is 14.6 Å². The van der Waals surface area contributed by atoms with Gasteiger partial charge in [-0.1, -0.05) is 13.0 Å². The van der Waals surface area contributed by atoms with Gasteiger partial charge in [0.1, 0.15) is 0 Å². The van der Waals surface area contributed by atoms with E-state index in [1.807, 2.05) is 13.0 Å². The molecule has 0 amide bonds. The molecule has 0 radical (unpaired) electrons. The molecule has 0 aromatic heterocycles. The second-order valence-corrected chi connectivity index (χ2v) is 7.30. The zero-order chi connectivity index (χ0) is 16.4. The monoisotopic (exact) mass is 319 g/mol. The maximum Gasteiger partial charge on any atom is 0.161 e. The van der Waals surface area contributed by atoms with Gasteiger partial charge in [0.2, 0.25) is 0 Å². The number of hydrogen-bond acceptors (Lipinski definition) is 4. The van der Waals surface area contributed by atoms with Crippen LogP contribution in [0.15, 0.2) is 18.2 Å². The van der Waals surface area contributed by atoms with Crippen molar-refractivity contribution in [2.45, 2.75) is 57.7 Å². The molecule has 1 aliphatic carbocycles. The van der Waals surface area contributed by atoms with Crippen LogP contribution in [0.2, 0.25) is 0 Å². The summed E-state index contributed by atoms with van der Waals surface area (Å²) in [5, 5.41) is 13.7.